The molecule has 0 saturated heterocycles. The van der Waals surface area contributed by atoms with E-state index in [1.54, 1.807) is 0 Å². The molecular weight excluding hydrogens is 434 g/mol. The van der Waals surface area contributed by atoms with E-state index in [0.29, 0.717) is 6.04 Å². The van der Waals surface area contributed by atoms with Crippen molar-refractivity contribution >= 4 is 0 Å². The standard InChI is InChI=1S/C28H47N7/c29-12-2-1-3-28-23-34-18-17-33-21-25-6-4-24(5-7-25)19-31-15-13-30-14-16-32-20-26-8-10-27(11-9-26)22-35-28/h4-11,28,30-35H,1-3,12-23,29H2. The van der Waals surface area contributed by atoms with Gasteiger partial charge in [-0.25, -0.2) is 0 Å². The molecule has 0 saturated carbocycles. The van der Waals surface area contributed by atoms with E-state index in [2.05, 4.69) is 80.4 Å². The van der Waals surface area contributed by atoms with Crippen LogP contribution in [0.1, 0.15) is 41.5 Å². The van der Waals surface area contributed by atoms with E-state index in [0.717, 1.165) is 91.4 Å². The third-order valence-corrected chi connectivity index (χ3v) is 6.46. The minimum absolute atomic E-state index is 0.454. The fourth-order valence-corrected chi connectivity index (χ4v) is 4.25. The molecule has 0 fully saturated rings. The molecule has 0 radical (unpaired) electrons. The van der Waals surface area contributed by atoms with Crippen LogP contribution < -0.4 is 37.6 Å². The average molecular weight is 482 g/mol. The first-order valence-electron chi connectivity index (χ1n) is 13.5. The molecule has 4 aliphatic rings. The predicted molar refractivity (Wildman–Crippen MR) is 147 cm³/mol. The molecule has 1 atom stereocenters. The Morgan fingerprint density at radius 1 is 0.543 bits per heavy atom. The molecule has 35 heavy (non-hydrogen) atoms. The summed E-state index contributed by atoms with van der Waals surface area (Å²) in [4.78, 5) is 0. The van der Waals surface area contributed by atoms with Crippen molar-refractivity contribution in [3.8, 4) is 0 Å². The average Bonchev–Trinajstić information content (AvgIpc) is 2.89. The van der Waals surface area contributed by atoms with E-state index in [9.17, 15) is 0 Å². The van der Waals surface area contributed by atoms with Gasteiger partial charge in [0, 0.05) is 78.0 Å². The van der Waals surface area contributed by atoms with Gasteiger partial charge in [-0.1, -0.05) is 55.0 Å². The molecule has 0 aliphatic carbocycles. The summed E-state index contributed by atoms with van der Waals surface area (Å²) in [5, 5.41) is 21.5. The lowest BCUT2D eigenvalue weighted by Crippen LogP contribution is -2.40. The first-order valence-corrected chi connectivity index (χ1v) is 13.5. The lowest BCUT2D eigenvalue weighted by atomic mass is 10.1. The molecule has 4 bridgehead atoms. The van der Waals surface area contributed by atoms with Gasteiger partial charge in [-0.3, -0.25) is 0 Å². The molecule has 2 aromatic rings. The molecule has 2 aromatic carbocycles. The van der Waals surface area contributed by atoms with Gasteiger partial charge < -0.3 is 37.6 Å². The fraction of sp³-hybridized carbons (Fsp3) is 0.571. The van der Waals surface area contributed by atoms with Crippen LogP contribution in [0.2, 0.25) is 0 Å². The van der Waals surface area contributed by atoms with Crippen LogP contribution in [0.25, 0.3) is 0 Å². The van der Waals surface area contributed by atoms with Gasteiger partial charge in [-0.05, 0) is 41.6 Å². The minimum Gasteiger partial charge on any atom is -0.330 e. The highest BCUT2D eigenvalue weighted by atomic mass is 15.0. The zero-order valence-corrected chi connectivity index (χ0v) is 21.4. The molecule has 7 heteroatoms. The summed E-state index contributed by atoms with van der Waals surface area (Å²) in [6.07, 6.45) is 3.40. The Hall–Kier alpha value is -1.84. The van der Waals surface area contributed by atoms with Gasteiger partial charge in [0.2, 0.25) is 0 Å². The lowest BCUT2D eigenvalue weighted by Gasteiger charge is -2.20. The van der Waals surface area contributed by atoms with Crippen LogP contribution in [0.15, 0.2) is 48.5 Å². The summed E-state index contributed by atoms with van der Waals surface area (Å²) in [5.74, 6) is 0. The van der Waals surface area contributed by atoms with Crippen LogP contribution in [0.5, 0.6) is 0 Å². The van der Waals surface area contributed by atoms with Gasteiger partial charge in [0.15, 0.2) is 0 Å². The van der Waals surface area contributed by atoms with Crippen molar-refractivity contribution in [2.24, 2.45) is 5.73 Å². The molecule has 0 aromatic heterocycles. The van der Waals surface area contributed by atoms with Crippen molar-refractivity contribution in [1.29, 1.82) is 0 Å². The van der Waals surface area contributed by atoms with E-state index < -0.39 is 0 Å². The number of hydrogen-bond donors (Lipinski definition) is 7. The lowest BCUT2D eigenvalue weighted by molar-refractivity contribution is 0.431. The molecule has 0 spiro atoms. The van der Waals surface area contributed by atoms with Gasteiger partial charge in [-0.2, -0.15) is 0 Å². The number of rotatable bonds is 4. The zero-order chi connectivity index (χ0) is 24.4. The maximum Gasteiger partial charge on any atom is 0.0208 e. The molecule has 1 unspecified atom stereocenters. The van der Waals surface area contributed by atoms with Gasteiger partial charge in [0.05, 0.1) is 0 Å². The molecule has 7 nitrogen and oxygen atoms in total. The fourth-order valence-electron chi connectivity index (χ4n) is 4.25. The van der Waals surface area contributed by atoms with Crippen LogP contribution in [-0.2, 0) is 26.2 Å². The number of benzene rings is 2. The van der Waals surface area contributed by atoms with Crippen molar-refractivity contribution in [1.82, 2.24) is 31.9 Å². The Labute approximate surface area is 212 Å². The predicted octanol–water partition coefficient (Wildman–Crippen LogP) is 1.44. The molecule has 194 valence electrons. The molecular formula is C28H47N7. The Morgan fingerprint density at radius 2 is 0.971 bits per heavy atom. The maximum absolute atomic E-state index is 5.72. The second-order valence-electron chi connectivity index (χ2n) is 9.48. The molecule has 4 heterocycles. The van der Waals surface area contributed by atoms with E-state index in [4.69, 9.17) is 5.73 Å². The first kappa shape index (κ1) is 27.7. The molecule has 8 N–H and O–H groups in total. The Balaban J connectivity index is 1.50. The number of hydrogen-bond acceptors (Lipinski definition) is 7. The molecule has 6 rings (SSSR count). The highest BCUT2D eigenvalue weighted by Gasteiger charge is 2.08. The third-order valence-electron chi connectivity index (χ3n) is 6.46. The monoisotopic (exact) mass is 481 g/mol. The van der Waals surface area contributed by atoms with Gasteiger partial charge in [0.1, 0.15) is 0 Å². The first-order chi connectivity index (χ1) is 17.3. The quantitative estimate of drug-likeness (QED) is 0.332. The summed E-state index contributed by atoms with van der Waals surface area (Å²) >= 11 is 0. The van der Waals surface area contributed by atoms with E-state index >= 15 is 0 Å². The number of unbranched alkanes of at least 4 members (excludes halogenated alkanes) is 1. The normalized spacial score (nSPS) is 20.1. The smallest absolute Gasteiger partial charge is 0.0208 e. The van der Waals surface area contributed by atoms with Gasteiger partial charge in [0.25, 0.3) is 0 Å². The van der Waals surface area contributed by atoms with E-state index in [1.807, 2.05) is 0 Å². The van der Waals surface area contributed by atoms with Gasteiger partial charge >= 0.3 is 0 Å². The van der Waals surface area contributed by atoms with Crippen molar-refractivity contribution in [2.45, 2.75) is 51.5 Å². The van der Waals surface area contributed by atoms with Crippen molar-refractivity contribution < 1.29 is 0 Å². The van der Waals surface area contributed by atoms with Crippen LogP contribution in [-0.4, -0.2) is 58.4 Å². The van der Waals surface area contributed by atoms with Crippen LogP contribution in [0.3, 0.4) is 0 Å². The van der Waals surface area contributed by atoms with Crippen LogP contribution in [0.4, 0.5) is 0 Å². The summed E-state index contributed by atoms with van der Waals surface area (Å²) in [6, 6.07) is 18.4. The van der Waals surface area contributed by atoms with Crippen LogP contribution >= 0.6 is 0 Å². The van der Waals surface area contributed by atoms with Crippen molar-refractivity contribution in [3.63, 3.8) is 0 Å². The topological polar surface area (TPSA) is 98.2 Å². The number of nitrogens with one attached hydrogen (secondary N) is 6. The molecule has 4 aliphatic heterocycles. The largest absolute Gasteiger partial charge is 0.330 e. The summed E-state index contributed by atoms with van der Waals surface area (Å²) in [5.41, 5.74) is 11.0. The molecule has 0 amide bonds. The third kappa shape index (κ3) is 12.1. The second kappa shape index (κ2) is 17.6. The Kier molecular flexibility index (Phi) is 13.9. The minimum atomic E-state index is 0.454. The summed E-state index contributed by atoms with van der Waals surface area (Å²) < 4.78 is 0. The number of nitrogens with two attached hydrogens (primary N) is 1. The summed E-state index contributed by atoms with van der Waals surface area (Å²) in [7, 11) is 0. The van der Waals surface area contributed by atoms with Crippen molar-refractivity contribution in [3.05, 3.63) is 70.8 Å². The summed E-state index contributed by atoms with van der Waals surface area (Å²) in [6.45, 7) is 11.2. The van der Waals surface area contributed by atoms with Crippen molar-refractivity contribution in [2.75, 3.05) is 52.4 Å². The highest BCUT2D eigenvalue weighted by Crippen LogP contribution is 2.07. The van der Waals surface area contributed by atoms with Crippen LogP contribution in [0, 0.1) is 0 Å². The Bertz CT molecular complexity index is 779. The Morgan fingerprint density at radius 3 is 1.46 bits per heavy atom. The highest BCUT2D eigenvalue weighted by molar-refractivity contribution is 5.23. The van der Waals surface area contributed by atoms with E-state index in [-0.39, 0.29) is 0 Å². The SMILES string of the molecule is NCCCCC1CNCCNCc2ccc(cc2)CNCCNCCNCc2ccc(cc2)CN1. The van der Waals surface area contributed by atoms with Gasteiger partial charge in [-0.15, -0.1) is 0 Å². The second-order valence-corrected chi connectivity index (χ2v) is 9.48. The maximum atomic E-state index is 5.72. The van der Waals surface area contributed by atoms with E-state index in [1.165, 1.54) is 28.7 Å². The zero-order valence-electron chi connectivity index (χ0n) is 21.4.